The molecule has 1 fully saturated rings. The number of nitrogens with zero attached hydrogens (tertiary/aromatic N) is 6. The molecule has 8 nitrogen and oxygen atoms in total. The molecule has 9 heteroatoms. The van der Waals surface area contributed by atoms with E-state index < -0.39 is 0 Å². The van der Waals surface area contributed by atoms with Crippen LogP contribution in [0, 0.1) is 6.92 Å². The Morgan fingerprint density at radius 2 is 2.21 bits per heavy atom. The summed E-state index contributed by atoms with van der Waals surface area (Å²) in [6, 6.07) is 1.99. The van der Waals surface area contributed by atoms with Gasteiger partial charge in [0.1, 0.15) is 28.1 Å². The van der Waals surface area contributed by atoms with Crippen molar-refractivity contribution in [3.63, 3.8) is 0 Å². The molecule has 2 unspecified atom stereocenters. The molecule has 2 aromatic heterocycles. The molecule has 28 heavy (non-hydrogen) atoms. The number of aromatic nitrogens is 4. The van der Waals surface area contributed by atoms with Gasteiger partial charge in [-0.25, -0.2) is 19.9 Å². The van der Waals surface area contributed by atoms with Gasteiger partial charge in [-0.1, -0.05) is 0 Å². The van der Waals surface area contributed by atoms with Crippen LogP contribution >= 0.6 is 15.9 Å². The van der Waals surface area contributed by atoms with Crippen LogP contribution in [0.5, 0.6) is 0 Å². The van der Waals surface area contributed by atoms with E-state index in [0.29, 0.717) is 11.7 Å². The maximum Gasteiger partial charge on any atom is 0.179 e. The lowest BCUT2D eigenvalue weighted by Crippen LogP contribution is -2.37. The van der Waals surface area contributed by atoms with Crippen LogP contribution in [0.2, 0.25) is 0 Å². The van der Waals surface area contributed by atoms with E-state index in [1.54, 1.807) is 0 Å². The fraction of sp³-hybridized carbons (Fsp3) is 0.368. The Bertz CT molecular complexity index is 978. The first-order chi connectivity index (χ1) is 13.7. The van der Waals surface area contributed by atoms with Gasteiger partial charge in [0, 0.05) is 55.7 Å². The Balaban J connectivity index is 1.38. The molecule has 5 rings (SSSR count). The molecule has 0 spiro atoms. The highest BCUT2D eigenvalue weighted by Gasteiger charge is 2.29. The topological polar surface area (TPSA) is 85.3 Å². The third kappa shape index (κ3) is 3.19. The number of hydrogen-bond acceptors (Lipinski definition) is 7. The summed E-state index contributed by atoms with van der Waals surface area (Å²) < 4.78 is 0.781. The molecule has 0 aliphatic carbocycles. The van der Waals surface area contributed by atoms with Crippen LogP contribution in [0.15, 0.2) is 40.5 Å². The molecule has 0 saturated carbocycles. The summed E-state index contributed by atoms with van der Waals surface area (Å²) >= 11 is 3.44. The van der Waals surface area contributed by atoms with Gasteiger partial charge in [-0.15, -0.1) is 0 Å². The molecule has 3 aliphatic heterocycles. The molecule has 2 atom stereocenters. The smallest absolute Gasteiger partial charge is 0.179 e. The maximum absolute atomic E-state index is 4.88. The number of nitrogens with one attached hydrogen (secondary N) is 2. The Labute approximate surface area is 171 Å². The third-order valence-corrected chi connectivity index (χ3v) is 5.74. The van der Waals surface area contributed by atoms with Gasteiger partial charge in [-0.05, 0) is 41.8 Å². The van der Waals surface area contributed by atoms with Gasteiger partial charge < -0.3 is 20.1 Å². The van der Waals surface area contributed by atoms with Crippen molar-refractivity contribution >= 4 is 33.7 Å². The first-order valence-electron chi connectivity index (χ1n) is 9.43. The molecule has 1 saturated heterocycles. The van der Waals surface area contributed by atoms with Crippen molar-refractivity contribution in [2.24, 2.45) is 4.99 Å². The summed E-state index contributed by atoms with van der Waals surface area (Å²) in [6.07, 6.45) is 11.9. The van der Waals surface area contributed by atoms with Crippen LogP contribution in [0.4, 0.5) is 5.82 Å². The summed E-state index contributed by atoms with van der Waals surface area (Å²) in [4.78, 5) is 25.9. The molecular weight excluding hydrogens is 420 g/mol. The highest BCUT2D eigenvalue weighted by Crippen LogP contribution is 2.31. The Morgan fingerprint density at radius 3 is 3.07 bits per heavy atom. The summed E-state index contributed by atoms with van der Waals surface area (Å²) in [5.41, 5.74) is 2.15. The van der Waals surface area contributed by atoms with E-state index >= 15 is 0 Å². The zero-order valence-electron chi connectivity index (χ0n) is 15.5. The van der Waals surface area contributed by atoms with Gasteiger partial charge in [0.15, 0.2) is 5.82 Å². The molecule has 144 valence electrons. The van der Waals surface area contributed by atoms with E-state index in [1.165, 1.54) is 12.1 Å². The highest BCUT2D eigenvalue weighted by molar-refractivity contribution is 9.11. The zero-order valence-corrected chi connectivity index (χ0v) is 17.1. The quantitative estimate of drug-likeness (QED) is 0.713. The van der Waals surface area contributed by atoms with Crippen molar-refractivity contribution in [2.75, 3.05) is 18.0 Å². The number of imidazole rings is 1. The van der Waals surface area contributed by atoms with E-state index in [4.69, 9.17) is 4.98 Å². The van der Waals surface area contributed by atoms with Crippen LogP contribution in [0.3, 0.4) is 0 Å². The van der Waals surface area contributed by atoms with Crippen LogP contribution < -0.4 is 10.2 Å². The molecular formula is C19H21BrN8. The summed E-state index contributed by atoms with van der Waals surface area (Å²) in [7, 11) is 0. The number of fused-ring (bicyclic) bond motifs is 1. The number of rotatable bonds is 3. The predicted octanol–water partition coefficient (Wildman–Crippen LogP) is 2.70. The van der Waals surface area contributed by atoms with Crippen LogP contribution in [0.1, 0.15) is 36.1 Å². The third-order valence-electron chi connectivity index (χ3n) is 5.33. The molecule has 0 bridgehead atoms. The molecule has 0 amide bonds. The predicted molar refractivity (Wildman–Crippen MR) is 112 cm³/mol. The molecule has 5 heterocycles. The van der Waals surface area contributed by atoms with Gasteiger partial charge >= 0.3 is 0 Å². The lowest BCUT2D eigenvalue weighted by molar-refractivity contribution is 0.466. The fourth-order valence-electron chi connectivity index (χ4n) is 3.94. The minimum absolute atomic E-state index is 0.00606. The fourth-order valence-corrected chi connectivity index (χ4v) is 4.28. The minimum Gasteiger partial charge on any atom is -0.365 e. The normalized spacial score (nSPS) is 23.9. The van der Waals surface area contributed by atoms with Crippen molar-refractivity contribution in [2.45, 2.75) is 31.8 Å². The summed E-state index contributed by atoms with van der Waals surface area (Å²) in [5.74, 6) is 3.08. The van der Waals surface area contributed by atoms with Crippen molar-refractivity contribution in [1.29, 1.82) is 0 Å². The average molecular weight is 441 g/mol. The molecule has 2 aromatic rings. The first-order valence-corrected chi connectivity index (χ1v) is 10.2. The summed E-state index contributed by atoms with van der Waals surface area (Å²) in [6.45, 7) is 3.93. The van der Waals surface area contributed by atoms with E-state index in [9.17, 15) is 0 Å². The Kier molecular flexibility index (Phi) is 4.38. The van der Waals surface area contributed by atoms with E-state index in [2.05, 4.69) is 51.0 Å². The average Bonchev–Trinajstić information content (AvgIpc) is 3.34. The number of halogens is 1. The number of aliphatic imine (C=N–C) groups is 1. The van der Waals surface area contributed by atoms with E-state index in [-0.39, 0.29) is 6.17 Å². The maximum atomic E-state index is 4.88. The number of aromatic amines is 1. The molecule has 0 radical (unpaired) electrons. The van der Waals surface area contributed by atoms with Gasteiger partial charge in [-0.2, -0.15) is 0 Å². The van der Waals surface area contributed by atoms with Crippen molar-refractivity contribution < 1.29 is 0 Å². The van der Waals surface area contributed by atoms with Crippen molar-refractivity contribution in [3.05, 3.63) is 52.8 Å². The van der Waals surface area contributed by atoms with Crippen LogP contribution in [-0.4, -0.2) is 50.3 Å². The van der Waals surface area contributed by atoms with Crippen LogP contribution in [-0.2, 0) is 0 Å². The zero-order chi connectivity index (χ0) is 19.1. The van der Waals surface area contributed by atoms with Crippen molar-refractivity contribution in [1.82, 2.24) is 30.2 Å². The standard InChI is InChI=1S/C19H21BrN8/c1-12-22-7-14(25-12)13-3-2-6-27(10-13)17-4-5-21-19(26-17)15-8-24-18-9-23-16(20)11-28(15)18/h4-5,7-9,11,13,18,24H,2-3,6,10H2,1H3,(H,22,25). The van der Waals surface area contributed by atoms with Crippen molar-refractivity contribution in [3.8, 4) is 0 Å². The second-order valence-corrected chi connectivity index (χ2v) is 8.04. The molecule has 2 N–H and O–H groups in total. The Hall–Kier alpha value is -2.68. The van der Waals surface area contributed by atoms with Crippen LogP contribution in [0.25, 0.3) is 5.70 Å². The number of hydrogen-bond donors (Lipinski definition) is 2. The SMILES string of the molecule is Cc1ncc(C2CCCN(c3ccnc(C4=CNC5C=NC(Br)=CN45)n3)C2)[nH]1. The number of piperidine rings is 1. The number of anilines is 1. The minimum atomic E-state index is 0.00606. The Morgan fingerprint density at radius 1 is 1.29 bits per heavy atom. The molecule has 0 aromatic carbocycles. The van der Waals surface area contributed by atoms with Gasteiger partial charge in [0.25, 0.3) is 0 Å². The first kappa shape index (κ1) is 17.4. The largest absolute Gasteiger partial charge is 0.365 e. The molecule has 3 aliphatic rings. The monoisotopic (exact) mass is 440 g/mol. The van der Waals surface area contributed by atoms with Gasteiger partial charge in [0.2, 0.25) is 0 Å². The number of H-pyrrole nitrogens is 1. The highest BCUT2D eigenvalue weighted by atomic mass is 79.9. The number of aryl methyl sites for hydroxylation is 1. The van der Waals surface area contributed by atoms with Gasteiger partial charge in [0.05, 0.1) is 0 Å². The second-order valence-electron chi connectivity index (χ2n) is 7.23. The summed E-state index contributed by atoms with van der Waals surface area (Å²) in [5, 5.41) is 3.30. The lowest BCUT2D eigenvalue weighted by Gasteiger charge is -2.33. The van der Waals surface area contributed by atoms with Gasteiger partial charge in [-0.3, -0.25) is 0 Å². The van der Waals surface area contributed by atoms with E-state index in [1.807, 2.05) is 44.0 Å². The lowest BCUT2D eigenvalue weighted by atomic mass is 9.95. The van der Waals surface area contributed by atoms with E-state index in [0.717, 1.165) is 41.5 Å². The second kappa shape index (κ2) is 7.05.